The van der Waals surface area contributed by atoms with Gasteiger partial charge >= 0.3 is 0 Å². The summed E-state index contributed by atoms with van der Waals surface area (Å²) in [4.78, 5) is 7.97. The summed E-state index contributed by atoms with van der Waals surface area (Å²) in [6, 6.07) is 5.73. The zero-order valence-electron chi connectivity index (χ0n) is 8.16. The van der Waals surface area contributed by atoms with Crippen LogP contribution in [0.3, 0.4) is 0 Å². The van der Waals surface area contributed by atoms with Crippen molar-refractivity contribution < 1.29 is 0 Å². The van der Waals surface area contributed by atoms with Gasteiger partial charge < -0.3 is 5.73 Å². The highest BCUT2D eigenvalue weighted by molar-refractivity contribution is 9.10. The van der Waals surface area contributed by atoms with Gasteiger partial charge in [-0.1, -0.05) is 29.8 Å². The fourth-order valence-electron chi connectivity index (χ4n) is 1.05. The predicted molar refractivity (Wildman–Crippen MR) is 63.0 cm³/mol. The van der Waals surface area contributed by atoms with Gasteiger partial charge in [0, 0.05) is 9.86 Å². The lowest BCUT2D eigenvalue weighted by molar-refractivity contribution is 1.23. The third-order valence-electron chi connectivity index (χ3n) is 1.63. The maximum absolute atomic E-state index is 5.65. The number of benzene rings is 1. The highest BCUT2D eigenvalue weighted by atomic mass is 79.9. The Kier molecular flexibility index (Phi) is 3.83. The van der Waals surface area contributed by atoms with Crippen molar-refractivity contribution in [2.75, 3.05) is 5.73 Å². The molecular formula is C10H12BrN3. The van der Waals surface area contributed by atoms with Crippen LogP contribution >= 0.6 is 15.9 Å². The molecule has 0 radical (unpaired) electrons. The number of halogens is 1. The van der Waals surface area contributed by atoms with E-state index >= 15 is 0 Å². The molecule has 0 spiro atoms. The van der Waals surface area contributed by atoms with E-state index < -0.39 is 0 Å². The summed E-state index contributed by atoms with van der Waals surface area (Å²) in [6.45, 7) is 4.00. The number of nitrogens with zero attached hydrogens (tertiary/aromatic N) is 2. The Morgan fingerprint density at radius 1 is 1.21 bits per heavy atom. The van der Waals surface area contributed by atoms with Crippen LogP contribution in [0.25, 0.3) is 10.9 Å². The van der Waals surface area contributed by atoms with Gasteiger partial charge in [-0.15, -0.1) is 0 Å². The van der Waals surface area contributed by atoms with Crippen LogP contribution in [0.4, 0.5) is 5.82 Å². The maximum atomic E-state index is 5.65. The first-order valence-corrected chi connectivity index (χ1v) is 5.22. The molecule has 0 saturated carbocycles. The first-order valence-electron chi connectivity index (χ1n) is 4.43. The van der Waals surface area contributed by atoms with E-state index in [2.05, 4.69) is 25.9 Å². The molecule has 74 valence electrons. The third-order valence-corrected chi connectivity index (χ3v) is 2.12. The Bertz CT molecular complexity index is 429. The van der Waals surface area contributed by atoms with Crippen LogP contribution in [-0.4, -0.2) is 9.97 Å². The molecule has 2 aromatic rings. The van der Waals surface area contributed by atoms with Crippen LogP contribution in [-0.2, 0) is 0 Å². The van der Waals surface area contributed by atoms with Crippen molar-refractivity contribution in [1.29, 1.82) is 0 Å². The van der Waals surface area contributed by atoms with E-state index in [0.717, 1.165) is 15.4 Å². The molecule has 14 heavy (non-hydrogen) atoms. The Morgan fingerprint density at radius 3 is 2.64 bits per heavy atom. The van der Waals surface area contributed by atoms with Crippen LogP contribution in [0.2, 0.25) is 0 Å². The second kappa shape index (κ2) is 4.91. The number of nitrogen functional groups attached to an aromatic ring is 1. The van der Waals surface area contributed by atoms with Crippen molar-refractivity contribution in [2.24, 2.45) is 0 Å². The SMILES string of the molecule is CC.Nc1ncnc2ccc(Br)cc12. The fourth-order valence-corrected chi connectivity index (χ4v) is 1.41. The molecule has 0 fully saturated rings. The molecule has 2 rings (SSSR count). The minimum absolute atomic E-state index is 0.515. The lowest BCUT2D eigenvalue weighted by Crippen LogP contribution is -1.92. The van der Waals surface area contributed by atoms with E-state index in [0.29, 0.717) is 5.82 Å². The average molecular weight is 254 g/mol. The zero-order valence-corrected chi connectivity index (χ0v) is 9.75. The molecule has 1 aromatic heterocycles. The molecule has 3 nitrogen and oxygen atoms in total. The van der Waals surface area contributed by atoms with Gasteiger partial charge in [0.2, 0.25) is 0 Å². The van der Waals surface area contributed by atoms with E-state index in [1.54, 1.807) is 0 Å². The molecule has 0 saturated heterocycles. The van der Waals surface area contributed by atoms with Crippen LogP contribution in [0.5, 0.6) is 0 Å². The van der Waals surface area contributed by atoms with E-state index in [9.17, 15) is 0 Å². The average Bonchev–Trinajstić information content (AvgIpc) is 2.22. The van der Waals surface area contributed by atoms with Gasteiger partial charge in [-0.05, 0) is 18.2 Å². The van der Waals surface area contributed by atoms with E-state index in [1.807, 2.05) is 32.0 Å². The molecule has 0 atom stereocenters. The molecule has 0 aliphatic heterocycles. The number of nitrogens with two attached hydrogens (primary N) is 1. The summed E-state index contributed by atoms with van der Waals surface area (Å²) >= 11 is 3.36. The van der Waals surface area contributed by atoms with Gasteiger partial charge in [-0.3, -0.25) is 0 Å². The second-order valence-electron chi connectivity index (χ2n) is 2.42. The second-order valence-corrected chi connectivity index (χ2v) is 3.34. The summed E-state index contributed by atoms with van der Waals surface area (Å²) in [5, 5.41) is 0.881. The molecule has 1 heterocycles. The Morgan fingerprint density at radius 2 is 1.93 bits per heavy atom. The maximum Gasteiger partial charge on any atom is 0.134 e. The Hall–Kier alpha value is -1.16. The van der Waals surface area contributed by atoms with Crippen molar-refractivity contribution in [1.82, 2.24) is 9.97 Å². The van der Waals surface area contributed by atoms with Crippen LogP contribution in [0.15, 0.2) is 29.0 Å². The topological polar surface area (TPSA) is 51.8 Å². The molecule has 2 N–H and O–H groups in total. The Labute approximate surface area is 91.5 Å². The molecule has 0 unspecified atom stereocenters. The number of rotatable bonds is 0. The van der Waals surface area contributed by atoms with Crippen LogP contribution in [0, 0.1) is 0 Å². The van der Waals surface area contributed by atoms with Crippen LogP contribution in [0.1, 0.15) is 13.8 Å². The van der Waals surface area contributed by atoms with Gasteiger partial charge in [0.15, 0.2) is 0 Å². The quantitative estimate of drug-likeness (QED) is 0.786. The summed E-state index contributed by atoms with van der Waals surface area (Å²) in [5.41, 5.74) is 6.52. The summed E-state index contributed by atoms with van der Waals surface area (Å²) in [7, 11) is 0. The van der Waals surface area contributed by atoms with Crippen LogP contribution < -0.4 is 5.73 Å². The number of hydrogen-bond acceptors (Lipinski definition) is 3. The summed E-state index contributed by atoms with van der Waals surface area (Å²) in [5.74, 6) is 0.515. The molecular weight excluding hydrogens is 242 g/mol. The lowest BCUT2D eigenvalue weighted by Gasteiger charge is -1.99. The van der Waals surface area contributed by atoms with Crippen molar-refractivity contribution >= 4 is 32.7 Å². The van der Waals surface area contributed by atoms with Crippen molar-refractivity contribution in [3.8, 4) is 0 Å². The smallest absolute Gasteiger partial charge is 0.134 e. The van der Waals surface area contributed by atoms with Gasteiger partial charge in [-0.2, -0.15) is 0 Å². The normalized spacial score (nSPS) is 9.36. The molecule has 0 bridgehead atoms. The zero-order chi connectivity index (χ0) is 10.6. The number of aromatic nitrogens is 2. The molecule has 0 aliphatic carbocycles. The van der Waals surface area contributed by atoms with Gasteiger partial charge in [-0.25, -0.2) is 9.97 Å². The lowest BCUT2D eigenvalue weighted by atomic mass is 10.2. The first-order chi connectivity index (χ1) is 6.77. The molecule has 0 amide bonds. The van der Waals surface area contributed by atoms with Crippen molar-refractivity contribution in [2.45, 2.75) is 13.8 Å². The number of hydrogen-bond donors (Lipinski definition) is 1. The standard InChI is InChI=1S/C8H6BrN3.C2H6/c9-5-1-2-7-6(3-5)8(10)12-4-11-7;1-2/h1-4H,(H2,10,11,12);1-2H3. The van der Waals surface area contributed by atoms with Crippen molar-refractivity contribution in [3.63, 3.8) is 0 Å². The number of anilines is 1. The molecule has 0 aliphatic rings. The van der Waals surface area contributed by atoms with Gasteiger partial charge in [0.1, 0.15) is 12.1 Å². The third kappa shape index (κ3) is 2.20. The van der Waals surface area contributed by atoms with E-state index in [-0.39, 0.29) is 0 Å². The first kappa shape index (κ1) is 10.9. The molecule has 4 heteroatoms. The minimum Gasteiger partial charge on any atom is -0.383 e. The predicted octanol–water partition coefficient (Wildman–Crippen LogP) is 3.00. The van der Waals surface area contributed by atoms with E-state index in [4.69, 9.17) is 5.73 Å². The van der Waals surface area contributed by atoms with Gasteiger partial charge in [0.05, 0.1) is 5.52 Å². The van der Waals surface area contributed by atoms with Gasteiger partial charge in [0.25, 0.3) is 0 Å². The highest BCUT2D eigenvalue weighted by Gasteiger charge is 1.99. The molecule has 1 aromatic carbocycles. The summed E-state index contributed by atoms with van der Waals surface area (Å²) < 4.78 is 0.983. The largest absolute Gasteiger partial charge is 0.383 e. The van der Waals surface area contributed by atoms with Crippen molar-refractivity contribution in [3.05, 3.63) is 29.0 Å². The summed E-state index contributed by atoms with van der Waals surface area (Å²) in [6.07, 6.45) is 1.46. The minimum atomic E-state index is 0.515. The monoisotopic (exact) mass is 253 g/mol. The Balaban J connectivity index is 0.000000461. The fraction of sp³-hybridized carbons (Fsp3) is 0.200. The van der Waals surface area contributed by atoms with E-state index in [1.165, 1.54) is 6.33 Å². The highest BCUT2D eigenvalue weighted by Crippen LogP contribution is 2.20. The number of fused-ring (bicyclic) bond motifs is 1.